The molecular formula is C44H43ClO7. The van der Waals surface area contributed by atoms with Crippen molar-refractivity contribution in [3.63, 3.8) is 0 Å². The van der Waals surface area contributed by atoms with Gasteiger partial charge in [-0.2, -0.15) is 0 Å². The van der Waals surface area contributed by atoms with Crippen LogP contribution in [0.1, 0.15) is 40.3 Å². The molecule has 8 rings (SSSR count). The molecule has 7 nitrogen and oxygen atoms in total. The van der Waals surface area contributed by atoms with Gasteiger partial charge in [0.1, 0.15) is 30.2 Å². The SMILES string of the molecule is CCOc1ccc(Cc2cc([C@]34OC[C@]([C@H]5CO5)(O3)[C@@H](OCc3ccccc3)[C@H](OCc3ccccc3)[C@H]4OCc3ccccc3)ccc2Cl)cc1. The van der Waals surface area contributed by atoms with Gasteiger partial charge in [0.15, 0.2) is 5.60 Å². The predicted molar refractivity (Wildman–Crippen MR) is 198 cm³/mol. The minimum absolute atomic E-state index is 0.233. The summed E-state index contributed by atoms with van der Waals surface area (Å²) in [5.74, 6) is -0.505. The van der Waals surface area contributed by atoms with Gasteiger partial charge in [-0.15, -0.1) is 0 Å². The maximum absolute atomic E-state index is 7.32. The number of halogens is 1. The molecule has 0 saturated carbocycles. The van der Waals surface area contributed by atoms with E-state index in [0.717, 1.165) is 39.1 Å². The average molecular weight is 719 g/mol. The summed E-state index contributed by atoms with van der Waals surface area (Å²) < 4.78 is 46.8. The highest BCUT2D eigenvalue weighted by Gasteiger charge is 2.73. The van der Waals surface area contributed by atoms with Crippen LogP contribution in [0, 0.1) is 0 Å². The Hall–Kier alpha value is -4.05. The van der Waals surface area contributed by atoms with E-state index < -0.39 is 29.7 Å². The van der Waals surface area contributed by atoms with E-state index in [0.29, 0.717) is 44.5 Å². The Kier molecular flexibility index (Phi) is 10.4. The zero-order chi connectivity index (χ0) is 35.4. The minimum atomic E-state index is -1.34. The molecule has 0 amide bonds. The maximum Gasteiger partial charge on any atom is 0.225 e. The summed E-state index contributed by atoms with van der Waals surface area (Å²) >= 11 is 6.90. The smallest absolute Gasteiger partial charge is 0.225 e. The number of benzene rings is 5. The van der Waals surface area contributed by atoms with E-state index in [9.17, 15) is 0 Å². The molecule has 0 unspecified atom stereocenters. The van der Waals surface area contributed by atoms with Gasteiger partial charge in [-0.25, -0.2) is 0 Å². The monoisotopic (exact) mass is 718 g/mol. The van der Waals surface area contributed by atoms with Crippen molar-refractivity contribution in [2.45, 2.75) is 69.0 Å². The molecule has 0 aliphatic carbocycles. The Morgan fingerprint density at radius 3 is 1.83 bits per heavy atom. The summed E-state index contributed by atoms with van der Waals surface area (Å²) in [5.41, 5.74) is 5.01. The molecule has 8 heteroatoms. The lowest BCUT2D eigenvalue weighted by molar-refractivity contribution is -0.351. The molecule has 5 aromatic rings. The minimum Gasteiger partial charge on any atom is -0.494 e. The van der Waals surface area contributed by atoms with Gasteiger partial charge in [0.25, 0.3) is 0 Å². The highest BCUT2D eigenvalue weighted by Crippen LogP contribution is 2.56. The lowest BCUT2D eigenvalue weighted by atomic mass is 9.81. The van der Waals surface area contributed by atoms with E-state index in [-0.39, 0.29) is 12.7 Å². The molecule has 0 aromatic heterocycles. The van der Waals surface area contributed by atoms with E-state index in [1.807, 2.05) is 85.8 Å². The lowest BCUT2D eigenvalue weighted by Crippen LogP contribution is -2.68. The van der Waals surface area contributed by atoms with E-state index in [1.54, 1.807) is 0 Å². The molecule has 0 spiro atoms. The van der Waals surface area contributed by atoms with Gasteiger partial charge >= 0.3 is 0 Å². The van der Waals surface area contributed by atoms with Crippen molar-refractivity contribution in [2.75, 3.05) is 19.8 Å². The highest BCUT2D eigenvalue weighted by atomic mass is 35.5. The normalized spacial score (nSPS) is 26.3. The number of epoxide rings is 1. The fraction of sp³-hybridized carbons (Fsp3) is 0.318. The van der Waals surface area contributed by atoms with E-state index in [4.69, 9.17) is 44.8 Å². The van der Waals surface area contributed by atoms with Crippen LogP contribution in [0.15, 0.2) is 133 Å². The van der Waals surface area contributed by atoms with Crippen molar-refractivity contribution in [3.8, 4) is 5.75 Å². The number of fused-ring (bicyclic) bond motifs is 2. The van der Waals surface area contributed by atoms with Gasteiger partial charge in [0.2, 0.25) is 5.79 Å². The highest BCUT2D eigenvalue weighted by molar-refractivity contribution is 6.31. The van der Waals surface area contributed by atoms with E-state index in [2.05, 4.69) is 54.6 Å². The number of rotatable bonds is 15. The maximum atomic E-state index is 7.32. The largest absolute Gasteiger partial charge is 0.494 e. The molecule has 3 saturated heterocycles. The van der Waals surface area contributed by atoms with Crippen molar-refractivity contribution in [3.05, 3.63) is 172 Å². The molecule has 0 N–H and O–H groups in total. The molecule has 52 heavy (non-hydrogen) atoms. The van der Waals surface area contributed by atoms with E-state index >= 15 is 0 Å². The van der Waals surface area contributed by atoms with Crippen LogP contribution in [-0.4, -0.2) is 49.8 Å². The van der Waals surface area contributed by atoms with Crippen LogP contribution >= 0.6 is 11.6 Å². The molecular weight excluding hydrogens is 676 g/mol. The first kappa shape index (κ1) is 35.0. The van der Waals surface area contributed by atoms with Crippen LogP contribution in [-0.2, 0) is 60.4 Å². The van der Waals surface area contributed by atoms with Crippen molar-refractivity contribution >= 4 is 11.6 Å². The van der Waals surface area contributed by atoms with Crippen LogP contribution in [0.25, 0.3) is 0 Å². The Balaban J connectivity index is 1.20. The zero-order valence-corrected chi connectivity index (χ0v) is 30.0. The summed E-state index contributed by atoms with van der Waals surface area (Å²) in [4.78, 5) is 0. The Morgan fingerprint density at radius 1 is 0.673 bits per heavy atom. The molecule has 3 aliphatic heterocycles. The van der Waals surface area contributed by atoms with Crippen LogP contribution in [0.4, 0.5) is 0 Å². The zero-order valence-electron chi connectivity index (χ0n) is 29.2. The quantitative estimate of drug-likeness (QED) is 0.101. The summed E-state index contributed by atoms with van der Waals surface area (Å²) in [7, 11) is 0. The molecule has 3 aliphatic rings. The van der Waals surface area contributed by atoms with Crippen LogP contribution in [0.2, 0.25) is 5.02 Å². The van der Waals surface area contributed by atoms with Gasteiger partial charge in [-0.05, 0) is 65.4 Å². The molecule has 5 aromatic carbocycles. The fourth-order valence-corrected chi connectivity index (χ4v) is 7.58. The Labute approximate surface area is 310 Å². The average Bonchev–Trinajstić information content (AvgIpc) is 3.99. The van der Waals surface area contributed by atoms with Crippen LogP contribution in [0.5, 0.6) is 5.75 Å². The standard InChI is InChI=1S/C44H43ClO7/c1-2-46-37-21-18-31(19-22-37)24-35-25-36(20-23-38(35)45)44-42(50-28-34-16-10-5-11-17-34)40(48-26-32-12-6-3-7-13-32)41(49-27-33-14-8-4-9-15-33)43(52-44,30-51-44)39-29-47-39/h3-23,25,39-42H,2,24,26-30H2,1H3/t39-,40+,41+,42-,43-,44+/m1/s1. The van der Waals surface area contributed by atoms with Gasteiger partial charge < -0.3 is 33.2 Å². The second-order valence-corrected chi connectivity index (χ2v) is 14.0. The molecule has 3 fully saturated rings. The first-order chi connectivity index (χ1) is 25.6. The third kappa shape index (κ3) is 7.28. The summed E-state index contributed by atoms with van der Waals surface area (Å²) in [6.45, 7) is 4.40. The molecule has 3 heterocycles. The summed E-state index contributed by atoms with van der Waals surface area (Å²) in [5, 5.41) is 0.655. The van der Waals surface area contributed by atoms with Gasteiger partial charge in [-0.3, -0.25) is 0 Å². The fourth-order valence-electron chi connectivity index (χ4n) is 7.39. The lowest BCUT2D eigenvalue weighted by Gasteiger charge is -2.50. The topological polar surface area (TPSA) is 67.9 Å². The van der Waals surface area contributed by atoms with Crippen LogP contribution < -0.4 is 4.74 Å². The van der Waals surface area contributed by atoms with Gasteiger partial charge in [0.05, 0.1) is 39.6 Å². The second-order valence-electron chi connectivity index (χ2n) is 13.6. The third-order valence-electron chi connectivity index (χ3n) is 10.1. The first-order valence-electron chi connectivity index (χ1n) is 18.0. The van der Waals surface area contributed by atoms with Gasteiger partial charge in [0, 0.05) is 10.6 Å². The summed E-state index contributed by atoms with van der Waals surface area (Å²) in [6, 6.07) is 44.5. The molecule has 2 bridgehead atoms. The van der Waals surface area contributed by atoms with Crippen molar-refractivity contribution in [2.24, 2.45) is 0 Å². The molecule has 268 valence electrons. The van der Waals surface area contributed by atoms with Crippen LogP contribution in [0.3, 0.4) is 0 Å². The van der Waals surface area contributed by atoms with E-state index in [1.165, 1.54) is 0 Å². The first-order valence-corrected chi connectivity index (χ1v) is 18.4. The molecule has 6 atom stereocenters. The third-order valence-corrected chi connectivity index (χ3v) is 10.5. The van der Waals surface area contributed by atoms with Crippen molar-refractivity contribution < 1.29 is 33.2 Å². The predicted octanol–water partition coefficient (Wildman–Crippen LogP) is 8.44. The Morgan fingerprint density at radius 2 is 1.25 bits per heavy atom. The molecule has 0 radical (unpaired) electrons. The van der Waals surface area contributed by atoms with Crippen molar-refractivity contribution in [1.82, 2.24) is 0 Å². The Bertz CT molecular complexity index is 1900. The number of hydrogen-bond donors (Lipinski definition) is 0. The second kappa shape index (κ2) is 15.5. The van der Waals surface area contributed by atoms with Gasteiger partial charge in [-0.1, -0.05) is 121 Å². The number of hydrogen-bond acceptors (Lipinski definition) is 7. The van der Waals surface area contributed by atoms with Crippen molar-refractivity contribution in [1.29, 1.82) is 0 Å². The summed E-state index contributed by atoms with van der Waals surface area (Å²) in [6.07, 6.45) is -1.53. The number of ether oxygens (including phenoxy) is 7.